The highest BCUT2D eigenvalue weighted by Gasteiger charge is 2.15. The van der Waals surface area contributed by atoms with Crippen molar-refractivity contribution in [2.45, 2.75) is 11.8 Å². The number of amides is 2. The Morgan fingerprint density at radius 2 is 1.34 bits per heavy atom. The predicted molar refractivity (Wildman–Crippen MR) is 124 cm³/mol. The zero-order valence-electron chi connectivity index (χ0n) is 17.1. The van der Waals surface area contributed by atoms with Crippen molar-refractivity contribution in [2.24, 2.45) is 0 Å². The molecule has 0 bridgehead atoms. The second-order valence-electron chi connectivity index (χ2n) is 6.80. The Balaban J connectivity index is 1.53. The molecule has 3 aromatic carbocycles. The van der Waals surface area contributed by atoms with Crippen LogP contribution in [0.15, 0.2) is 77.7 Å². The SMILES string of the molecule is CC(=O)c1ccc(NC(=O)CSc2ccc(NC(=O)c3ccccc3C(=O)O)cc2)cc1. The summed E-state index contributed by atoms with van der Waals surface area (Å²) in [7, 11) is 0. The molecule has 3 rings (SSSR count). The van der Waals surface area contributed by atoms with Gasteiger partial charge in [0.15, 0.2) is 5.78 Å². The minimum Gasteiger partial charge on any atom is -0.478 e. The van der Waals surface area contributed by atoms with Crippen LogP contribution in [-0.4, -0.2) is 34.4 Å². The molecule has 3 N–H and O–H groups in total. The molecule has 2 amide bonds. The van der Waals surface area contributed by atoms with E-state index in [9.17, 15) is 24.3 Å². The van der Waals surface area contributed by atoms with Gasteiger partial charge in [0.2, 0.25) is 5.91 Å². The molecule has 0 unspecified atom stereocenters. The van der Waals surface area contributed by atoms with Gasteiger partial charge in [-0.3, -0.25) is 14.4 Å². The van der Waals surface area contributed by atoms with Gasteiger partial charge in [-0.15, -0.1) is 11.8 Å². The summed E-state index contributed by atoms with van der Waals surface area (Å²) in [6.45, 7) is 1.48. The predicted octanol–water partition coefficient (Wildman–Crippen LogP) is 4.57. The maximum absolute atomic E-state index is 12.4. The number of carbonyl (C=O) groups excluding carboxylic acids is 3. The lowest BCUT2D eigenvalue weighted by atomic mass is 10.1. The van der Waals surface area contributed by atoms with E-state index in [4.69, 9.17) is 0 Å². The van der Waals surface area contributed by atoms with Crippen LogP contribution in [0.25, 0.3) is 0 Å². The first-order chi connectivity index (χ1) is 15.3. The van der Waals surface area contributed by atoms with Crippen LogP contribution in [0.1, 0.15) is 38.0 Å². The summed E-state index contributed by atoms with van der Waals surface area (Å²) in [5, 5.41) is 14.7. The molecule has 32 heavy (non-hydrogen) atoms. The largest absolute Gasteiger partial charge is 0.478 e. The van der Waals surface area contributed by atoms with Crippen LogP contribution in [0.4, 0.5) is 11.4 Å². The molecule has 0 atom stereocenters. The van der Waals surface area contributed by atoms with E-state index < -0.39 is 11.9 Å². The van der Waals surface area contributed by atoms with Crippen molar-refractivity contribution in [1.82, 2.24) is 0 Å². The normalized spacial score (nSPS) is 10.3. The standard InChI is InChI=1S/C24H20N2O5S/c1-15(27)16-6-8-17(9-7-16)25-22(28)14-32-19-12-10-18(11-13-19)26-23(29)20-4-2-3-5-21(20)24(30)31/h2-13H,14H2,1H3,(H,25,28)(H,26,29)(H,30,31). The highest BCUT2D eigenvalue weighted by atomic mass is 32.2. The number of thioether (sulfide) groups is 1. The Bertz CT molecular complexity index is 1160. The first-order valence-electron chi connectivity index (χ1n) is 9.61. The van der Waals surface area contributed by atoms with Gasteiger partial charge in [-0.2, -0.15) is 0 Å². The molecular formula is C24H20N2O5S. The summed E-state index contributed by atoms with van der Waals surface area (Å²) in [5.74, 6) is -1.72. The highest BCUT2D eigenvalue weighted by molar-refractivity contribution is 8.00. The number of ketones is 1. The molecule has 0 aliphatic rings. The summed E-state index contributed by atoms with van der Waals surface area (Å²) in [5.41, 5.74) is 1.71. The number of anilines is 2. The van der Waals surface area contributed by atoms with Gasteiger partial charge < -0.3 is 15.7 Å². The monoisotopic (exact) mass is 448 g/mol. The Kier molecular flexibility index (Phi) is 7.41. The summed E-state index contributed by atoms with van der Waals surface area (Å²) < 4.78 is 0. The van der Waals surface area contributed by atoms with E-state index in [2.05, 4.69) is 10.6 Å². The number of carboxylic acids is 1. The molecule has 0 saturated heterocycles. The molecule has 0 aromatic heterocycles. The van der Waals surface area contributed by atoms with Crippen molar-refractivity contribution in [2.75, 3.05) is 16.4 Å². The number of carbonyl (C=O) groups is 4. The molecule has 8 heteroatoms. The summed E-state index contributed by atoms with van der Waals surface area (Å²) >= 11 is 1.33. The third-order valence-electron chi connectivity index (χ3n) is 4.46. The van der Waals surface area contributed by atoms with Crippen molar-refractivity contribution in [3.8, 4) is 0 Å². The van der Waals surface area contributed by atoms with Crippen molar-refractivity contribution in [3.05, 3.63) is 89.5 Å². The van der Waals surface area contributed by atoms with Crippen LogP contribution in [0.3, 0.4) is 0 Å². The molecule has 162 valence electrons. The highest BCUT2D eigenvalue weighted by Crippen LogP contribution is 2.22. The fourth-order valence-electron chi connectivity index (χ4n) is 2.83. The van der Waals surface area contributed by atoms with Crippen LogP contribution in [0.2, 0.25) is 0 Å². The smallest absolute Gasteiger partial charge is 0.336 e. The van der Waals surface area contributed by atoms with E-state index >= 15 is 0 Å². The quantitative estimate of drug-likeness (QED) is 0.344. The fraction of sp³-hybridized carbons (Fsp3) is 0.0833. The zero-order valence-corrected chi connectivity index (χ0v) is 17.9. The van der Waals surface area contributed by atoms with Crippen LogP contribution in [-0.2, 0) is 4.79 Å². The summed E-state index contributed by atoms with van der Waals surface area (Å²) in [6.07, 6.45) is 0. The molecule has 0 spiro atoms. The van der Waals surface area contributed by atoms with Crippen molar-refractivity contribution in [1.29, 1.82) is 0 Å². The van der Waals surface area contributed by atoms with Gasteiger partial charge >= 0.3 is 5.97 Å². The number of rotatable bonds is 8. The minimum atomic E-state index is -1.17. The second kappa shape index (κ2) is 10.4. The van der Waals surface area contributed by atoms with Gasteiger partial charge in [0.05, 0.1) is 16.9 Å². The number of aromatic carboxylic acids is 1. The Hall–Kier alpha value is -3.91. The fourth-order valence-corrected chi connectivity index (χ4v) is 3.53. The Morgan fingerprint density at radius 3 is 1.94 bits per heavy atom. The van der Waals surface area contributed by atoms with Gasteiger partial charge in [-0.1, -0.05) is 12.1 Å². The Labute approximate surface area is 188 Å². The lowest BCUT2D eigenvalue weighted by molar-refractivity contribution is -0.113. The third-order valence-corrected chi connectivity index (χ3v) is 5.47. The van der Waals surface area contributed by atoms with E-state index in [1.54, 1.807) is 60.7 Å². The Morgan fingerprint density at radius 1 is 0.781 bits per heavy atom. The van der Waals surface area contributed by atoms with Crippen molar-refractivity contribution < 1.29 is 24.3 Å². The first kappa shape index (κ1) is 22.8. The first-order valence-corrected chi connectivity index (χ1v) is 10.6. The second-order valence-corrected chi connectivity index (χ2v) is 7.85. The lowest BCUT2D eigenvalue weighted by Crippen LogP contribution is -2.16. The topological polar surface area (TPSA) is 113 Å². The van der Waals surface area contributed by atoms with Gasteiger partial charge in [0.1, 0.15) is 0 Å². The van der Waals surface area contributed by atoms with Crippen LogP contribution in [0, 0.1) is 0 Å². The molecule has 0 radical (unpaired) electrons. The summed E-state index contributed by atoms with van der Waals surface area (Å²) in [4.78, 5) is 48.0. The van der Waals surface area contributed by atoms with Crippen LogP contribution in [0.5, 0.6) is 0 Å². The van der Waals surface area contributed by atoms with Crippen LogP contribution < -0.4 is 10.6 Å². The number of hydrogen-bond acceptors (Lipinski definition) is 5. The lowest BCUT2D eigenvalue weighted by Gasteiger charge is -2.09. The molecule has 7 nitrogen and oxygen atoms in total. The zero-order chi connectivity index (χ0) is 23.1. The molecular weight excluding hydrogens is 428 g/mol. The van der Waals surface area contributed by atoms with Crippen LogP contribution >= 0.6 is 11.8 Å². The molecule has 0 saturated carbocycles. The van der Waals surface area contributed by atoms with Gasteiger partial charge in [-0.05, 0) is 67.6 Å². The van der Waals surface area contributed by atoms with E-state index in [1.807, 2.05) is 0 Å². The molecule has 3 aromatic rings. The molecule has 0 aliphatic heterocycles. The third kappa shape index (κ3) is 6.05. The number of carboxylic acid groups (broad SMARTS) is 1. The van der Waals surface area contributed by atoms with E-state index in [0.29, 0.717) is 16.9 Å². The average Bonchev–Trinajstić information content (AvgIpc) is 2.79. The maximum Gasteiger partial charge on any atom is 0.336 e. The van der Waals surface area contributed by atoms with Gasteiger partial charge in [0, 0.05) is 21.8 Å². The van der Waals surface area contributed by atoms with E-state index in [-0.39, 0.29) is 28.6 Å². The minimum absolute atomic E-state index is 0.0378. The van der Waals surface area contributed by atoms with Crippen molar-refractivity contribution in [3.63, 3.8) is 0 Å². The average molecular weight is 449 g/mol. The maximum atomic E-state index is 12.4. The molecule has 0 heterocycles. The summed E-state index contributed by atoms with van der Waals surface area (Å²) in [6, 6.07) is 19.6. The number of nitrogens with one attached hydrogen (secondary N) is 2. The number of Topliss-reactive ketones (excluding diaryl/α,β-unsaturated/α-hetero) is 1. The number of benzene rings is 3. The molecule has 0 fully saturated rings. The van der Waals surface area contributed by atoms with E-state index in [1.165, 1.54) is 30.8 Å². The van der Waals surface area contributed by atoms with Gasteiger partial charge in [-0.25, -0.2) is 4.79 Å². The van der Waals surface area contributed by atoms with Gasteiger partial charge in [0.25, 0.3) is 5.91 Å². The number of hydrogen-bond donors (Lipinski definition) is 3. The van der Waals surface area contributed by atoms with E-state index in [0.717, 1.165) is 4.90 Å². The van der Waals surface area contributed by atoms with Crippen molar-refractivity contribution >= 4 is 46.7 Å². The molecule has 0 aliphatic carbocycles.